The molecular formula is C23H14Br2N2O6S. The second kappa shape index (κ2) is 9.53. The highest BCUT2D eigenvalue weighted by Crippen LogP contribution is 2.37. The SMILES string of the molecule is O=C1NC(=O)N(c2ccccc2)C(=O)/C1=C/c1cc(Br)c(OS(=O)(=O)c2ccccc2)c(Br)c1. The van der Waals surface area contributed by atoms with Crippen LogP contribution in [0.3, 0.4) is 0 Å². The highest BCUT2D eigenvalue weighted by Gasteiger charge is 2.36. The molecule has 1 aliphatic rings. The van der Waals surface area contributed by atoms with Gasteiger partial charge in [-0.1, -0.05) is 36.4 Å². The number of nitrogens with one attached hydrogen (secondary N) is 1. The predicted octanol–water partition coefficient (Wildman–Crippen LogP) is 4.65. The molecule has 1 saturated heterocycles. The number of nitrogens with zero attached hydrogens (tertiary/aromatic N) is 1. The summed E-state index contributed by atoms with van der Waals surface area (Å²) >= 11 is 6.56. The van der Waals surface area contributed by atoms with Gasteiger partial charge in [0.1, 0.15) is 10.5 Å². The Hall–Kier alpha value is -3.28. The molecule has 0 radical (unpaired) electrons. The Labute approximate surface area is 211 Å². The van der Waals surface area contributed by atoms with Gasteiger partial charge in [-0.25, -0.2) is 9.69 Å². The van der Waals surface area contributed by atoms with E-state index in [0.717, 1.165) is 4.90 Å². The van der Waals surface area contributed by atoms with Crippen LogP contribution in [0.5, 0.6) is 5.75 Å². The van der Waals surface area contributed by atoms with E-state index >= 15 is 0 Å². The third-order valence-corrected chi connectivity index (χ3v) is 7.09. The molecular weight excluding hydrogens is 592 g/mol. The zero-order valence-electron chi connectivity index (χ0n) is 17.1. The maximum absolute atomic E-state index is 13.0. The van der Waals surface area contributed by atoms with Gasteiger partial charge in [-0.3, -0.25) is 14.9 Å². The summed E-state index contributed by atoms with van der Waals surface area (Å²) in [6, 6.07) is 17.9. The van der Waals surface area contributed by atoms with Crippen LogP contribution < -0.4 is 14.4 Å². The molecule has 1 fully saturated rings. The molecule has 1 heterocycles. The highest BCUT2D eigenvalue weighted by molar-refractivity contribution is 9.11. The Balaban J connectivity index is 1.67. The quantitative estimate of drug-likeness (QED) is 0.258. The van der Waals surface area contributed by atoms with Crippen LogP contribution in [0.25, 0.3) is 6.08 Å². The van der Waals surface area contributed by atoms with E-state index in [1.54, 1.807) is 48.5 Å². The molecule has 0 saturated carbocycles. The summed E-state index contributed by atoms with van der Waals surface area (Å²) < 4.78 is 31.0. The Morgan fingerprint density at radius 3 is 2.00 bits per heavy atom. The summed E-state index contributed by atoms with van der Waals surface area (Å²) in [6.45, 7) is 0. The minimum absolute atomic E-state index is 0.00786. The molecule has 4 rings (SSSR count). The van der Waals surface area contributed by atoms with Gasteiger partial charge < -0.3 is 4.18 Å². The Morgan fingerprint density at radius 1 is 0.853 bits per heavy atom. The van der Waals surface area contributed by atoms with Gasteiger partial charge in [0.05, 0.1) is 14.6 Å². The Bertz CT molecular complexity index is 1420. The average molecular weight is 606 g/mol. The first-order valence-corrected chi connectivity index (χ1v) is 12.6. The molecule has 0 bridgehead atoms. The van der Waals surface area contributed by atoms with Crippen LogP contribution >= 0.6 is 31.9 Å². The highest BCUT2D eigenvalue weighted by atomic mass is 79.9. The Kier molecular flexibility index (Phi) is 6.69. The number of anilines is 1. The van der Waals surface area contributed by atoms with Crippen molar-refractivity contribution < 1.29 is 27.0 Å². The van der Waals surface area contributed by atoms with Crippen molar-refractivity contribution in [1.29, 1.82) is 0 Å². The Morgan fingerprint density at radius 2 is 1.41 bits per heavy atom. The molecule has 172 valence electrons. The number of carbonyl (C=O) groups is 3. The van der Waals surface area contributed by atoms with Gasteiger partial charge in [0.25, 0.3) is 11.8 Å². The third kappa shape index (κ3) is 4.81. The summed E-state index contributed by atoms with van der Waals surface area (Å²) in [5.41, 5.74) is 0.414. The van der Waals surface area contributed by atoms with Gasteiger partial charge in [-0.2, -0.15) is 8.42 Å². The van der Waals surface area contributed by atoms with Crippen molar-refractivity contribution in [3.05, 3.63) is 92.9 Å². The molecule has 3 aromatic rings. The molecule has 0 unspecified atom stereocenters. The predicted molar refractivity (Wildman–Crippen MR) is 132 cm³/mol. The van der Waals surface area contributed by atoms with Crippen LogP contribution in [0.1, 0.15) is 5.56 Å². The zero-order chi connectivity index (χ0) is 24.5. The number of benzene rings is 3. The molecule has 11 heteroatoms. The number of para-hydroxylation sites is 1. The summed E-state index contributed by atoms with van der Waals surface area (Å²) in [6.07, 6.45) is 1.30. The van der Waals surface area contributed by atoms with Crippen molar-refractivity contribution in [2.45, 2.75) is 4.90 Å². The van der Waals surface area contributed by atoms with Crippen LogP contribution in [0.15, 0.2) is 92.2 Å². The zero-order valence-corrected chi connectivity index (χ0v) is 21.1. The number of hydrogen-bond donors (Lipinski definition) is 1. The minimum atomic E-state index is -4.10. The van der Waals surface area contributed by atoms with E-state index in [9.17, 15) is 22.8 Å². The van der Waals surface area contributed by atoms with Crippen LogP contribution in [0.4, 0.5) is 10.5 Å². The molecule has 1 aliphatic heterocycles. The lowest BCUT2D eigenvalue weighted by Gasteiger charge is -2.26. The summed E-state index contributed by atoms with van der Waals surface area (Å²) in [5.74, 6) is -1.65. The van der Waals surface area contributed by atoms with E-state index in [1.165, 1.54) is 30.3 Å². The number of amides is 4. The molecule has 0 aliphatic carbocycles. The number of halogens is 2. The standard InChI is InChI=1S/C23H14Br2N2O6S/c24-18-12-14(13-19(25)20(18)33-34(31,32)16-9-5-2-6-10-16)11-17-21(28)26-23(30)27(22(17)29)15-7-3-1-4-8-15/h1-13H,(H,26,28,30)/b17-11+. The first-order chi connectivity index (χ1) is 16.2. The second-order valence-corrected chi connectivity index (χ2v) is 10.2. The summed E-state index contributed by atoms with van der Waals surface area (Å²) in [4.78, 5) is 38.5. The average Bonchev–Trinajstić information content (AvgIpc) is 2.80. The molecule has 3 aromatic carbocycles. The first-order valence-electron chi connectivity index (χ1n) is 9.62. The smallest absolute Gasteiger partial charge is 0.339 e. The molecule has 0 atom stereocenters. The van der Waals surface area contributed by atoms with Crippen LogP contribution in [-0.4, -0.2) is 26.3 Å². The molecule has 34 heavy (non-hydrogen) atoms. The summed E-state index contributed by atoms with van der Waals surface area (Å²) in [7, 11) is -4.10. The fraction of sp³-hybridized carbons (Fsp3) is 0. The van der Waals surface area contributed by atoms with Crippen molar-refractivity contribution >= 4 is 71.6 Å². The van der Waals surface area contributed by atoms with Crippen molar-refractivity contribution in [1.82, 2.24) is 5.32 Å². The van der Waals surface area contributed by atoms with Gasteiger partial charge >= 0.3 is 16.1 Å². The van der Waals surface area contributed by atoms with Gasteiger partial charge in [-0.05, 0) is 79.9 Å². The second-order valence-electron chi connectivity index (χ2n) is 6.96. The number of carbonyl (C=O) groups excluding carboxylic acids is 3. The van der Waals surface area contributed by atoms with Crippen molar-refractivity contribution in [2.75, 3.05) is 4.90 Å². The lowest BCUT2D eigenvalue weighted by Crippen LogP contribution is -2.54. The number of urea groups is 1. The topological polar surface area (TPSA) is 110 Å². The van der Waals surface area contributed by atoms with Crippen LogP contribution in [-0.2, 0) is 19.7 Å². The normalized spacial score (nSPS) is 15.4. The molecule has 0 aromatic heterocycles. The number of rotatable bonds is 5. The molecule has 8 nitrogen and oxygen atoms in total. The molecule has 1 N–H and O–H groups in total. The van der Waals surface area contributed by atoms with E-state index in [0.29, 0.717) is 11.3 Å². The van der Waals surface area contributed by atoms with Crippen LogP contribution in [0.2, 0.25) is 0 Å². The molecule has 4 amide bonds. The lowest BCUT2D eigenvalue weighted by atomic mass is 10.1. The number of hydrogen-bond acceptors (Lipinski definition) is 6. The van der Waals surface area contributed by atoms with Crippen LogP contribution in [0, 0.1) is 0 Å². The van der Waals surface area contributed by atoms with E-state index in [-0.39, 0.29) is 25.2 Å². The molecule has 0 spiro atoms. The van der Waals surface area contributed by atoms with E-state index in [4.69, 9.17) is 4.18 Å². The minimum Gasteiger partial charge on any atom is -0.377 e. The first kappa shape index (κ1) is 23.9. The summed E-state index contributed by atoms with van der Waals surface area (Å²) in [5, 5.41) is 2.15. The third-order valence-electron chi connectivity index (χ3n) is 4.67. The number of imide groups is 2. The maximum Gasteiger partial charge on any atom is 0.339 e. The largest absolute Gasteiger partial charge is 0.377 e. The number of barbiturate groups is 1. The monoisotopic (exact) mass is 604 g/mol. The lowest BCUT2D eigenvalue weighted by molar-refractivity contribution is -0.122. The van der Waals surface area contributed by atoms with Gasteiger partial charge in [0, 0.05) is 0 Å². The van der Waals surface area contributed by atoms with Crippen molar-refractivity contribution in [3.63, 3.8) is 0 Å². The van der Waals surface area contributed by atoms with E-state index < -0.39 is 28.0 Å². The van der Waals surface area contributed by atoms with Crippen molar-refractivity contribution in [2.24, 2.45) is 0 Å². The fourth-order valence-corrected chi connectivity index (χ4v) is 5.71. The van der Waals surface area contributed by atoms with Gasteiger partial charge in [0.2, 0.25) is 0 Å². The van der Waals surface area contributed by atoms with E-state index in [2.05, 4.69) is 37.2 Å². The maximum atomic E-state index is 13.0. The van der Waals surface area contributed by atoms with Gasteiger partial charge in [0.15, 0.2) is 5.75 Å². The van der Waals surface area contributed by atoms with Crippen molar-refractivity contribution in [3.8, 4) is 5.75 Å². The fourth-order valence-electron chi connectivity index (χ4n) is 3.12. The van der Waals surface area contributed by atoms with Gasteiger partial charge in [-0.15, -0.1) is 0 Å². The van der Waals surface area contributed by atoms with E-state index in [1.807, 2.05) is 0 Å².